The Bertz CT molecular complexity index is 1220. The summed E-state index contributed by atoms with van der Waals surface area (Å²) < 4.78 is 2.07. The van der Waals surface area contributed by atoms with Gasteiger partial charge in [0.25, 0.3) is 18.5 Å². The SMILES string of the molecule is Cc1ccnc(CN2C[C@@H]3C[C@H](C2)c2ccc(CN(C)CCc4cn[nH]c4)c(=O)n2C3)c1.O=CO.O=CO. The van der Waals surface area contributed by atoms with Gasteiger partial charge in [-0.05, 0) is 62.1 Å². The Kier molecular flexibility index (Phi) is 10.7. The molecule has 0 amide bonds. The minimum absolute atomic E-state index is 0.196. The highest BCUT2D eigenvalue weighted by Crippen LogP contribution is 2.35. The van der Waals surface area contributed by atoms with E-state index in [1.807, 2.05) is 24.7 Å². The summed E-state index contributed by atoms with van der Waals surface area (Å²) in [5.74, 6) is 0.950. The van der Waals surface area contributed by atoms with Crippen LogP contribution in [0.5, 0.6) is 0 Å². The number of nitrogens with one attached hydrogen (secondary N) is 1. The van der Waals surface area contributed by atoms with Gasteiger partial charge in [0.1, 0.15) is 0 Å². The highest BCUT2D eigenvalue weighted by Gasteiger charge is 2.35. The van der Waals surface area contributed by atoms with Gasteiger partial charge in [0, 0.05) is 68.8 Å². The van der Waals surface area contributed by atoms with E-state index in [1.165, 1.54) is 23.2 Å². The van der Waals surface area contributed by atoms with Gasteiger partial charge in [-0.25, -0.2) is 0 Å². The van der Waals surface area contributed by atoms with E-state index in [0.29, 0.717) is 18.4 Å². The average molecular weight is 525 g/mol. The van der Waals surface area contributed by atoms with Crippen molar-refractivity contribution in [2.24, 2.45) is 5.92 Å². The Balaban J connectivity index is 0.000000611. The van der Waals surface area contributed by atoms with Gasteiger partial charge in [0.2, 0.25) is 0 Å². The molecular formula is C27H36N6O5. The van der Waals surface area contributed by atoms with Crippen LogP contribution in [-0.4, -0.2) is 79.4 Å². The van der Waals surface area contributed by atoms with Crippen molar-refractivity contribution in [3.63, 3.8) is 0 Å². The van der Waals surface area contributed by atoms with E-state index in [2.05, 4.69) is 61.7 Å². The molecule has 2 bridgehead atoms. The number of nitrogens with zero attached hydrogens (tertiary/aromatic N) is 5. The van der Waals surface area contributed by atoms with Crippen LogP contribution in [0.15, 0.2) is 47.7 Å². The number of H-pyrrole nitrogens is 1. The molecule has 5 heterocycles. The summed E-state index contributed by atoms with van der Waals surface area (Å²) >= 11 is 0. The van der Waals surface area contributed by atoms with Crippen LogP contribution >= 0.6 is 0 Å². The first-order chi connectivity index (χ1) is 18.4. The minimum Gasteiger partial charge on any atom is -0.483 e. The maximum absolute atomic E-state index is 13.3. The third-order valence-electron chi connectivity index (χ3n) is 6.89. The zero-order valence-corrected chi connectivity index (χ0v) is 21.9. The van der Waals surface area contributed by atoms with Crippen LogP contribution < -0.4 is 5.56 Å². The number of aromatic amines is 1. The lowest BCUT2D eigenvalue weighted by molar-refractivity contribution is -0.123. The van der Waals surface area contributed by atoms with Crippen molar-refractivity contribution in [1.29, 1.82) is 0 Å². The fourth-order valence-electron chi connectivity index (χ4n) is 5.36. The molecule has 1 saturated heterocycles. The van der Waals surface area contributed by atoms with Gasteiger partial charge >= 0.3 is 0 Å². The fourth-order valence-corrected chi connectivity index (χ4v) is 5.36. The molecule has 3 N–H and O–H groups in total. The lowest BCUT2D eigenvalue weighted by Gasteiger charge is -2.43. The second kappa shape index (κ2) is 14.2. The molecule has 204 valence electrons. The van der Waals surface area contributed by atoms with E-state index in [9.17, 15) is 4.79 Å². The highest BCUT2D eigenvalue weighted by molar-refractivity contribution is 5.33. The number of piperidine rings is 1. The highest BCUT2D eigenvalue weighted by atomic mass is 16.3. The van der Waals surface area contributed by atoms with E-state index < -0.39 is 0 Å². The van der Waals surface area contributed by atoms with Crippen molar-refractivity contribution in [2.45, 2.75) is 45.3 Å². The second-order valence-corrected chi connectivity index (χ2v) is 9.82. The molecule has 1 fully saturated rings. The molecule has 0 radical (unpaired) electrons. The van der Waals surface area contributed by atoms with Crippen LogP contribution in [0.1, 0.15) is 40.4 Å². The molecular weight excluding hydrogens is 488 g/mol. The van der Waals surface area contributed by atoms with E-state index in [1.54, 1.807) is 0 Å². The number of rotatable bonds is 7. The predicted octanol–water partition coefficient (Wildman–Crippen LogP) is 1.97. The standard InChI is InChI=1S/C25H32N6O.2CH2O2/c1-18-5-7-26-23(9-18)17-30-13-20-10-22(16-30)24-4-3-21(25(32)31(24)14-20)15-29(2)8-6-19-11-27-28-12-19;2*2-1-3/h3-5,7,9,11-12,20,22H,6,8,10,13-17H2,1-2H3,(H,27,28);2*1H,(H,2,3)/t20-,22+;;/m0../s1. The summed E-state index contributed by atoms with van der Waals surface area (Å²) in [5.41, 5.74) is 5.88. The number of aromatic nitrogens is 4. The van der Waals surface area contributed by atoms with Crippen molar-refractivity contribution in [3.8, 4) is 0 Å². The second-order valence-electron chi connectivity index (χ2n) is 9.82. The Labute approximate surface area is 221 Å². The van der Waals surface area contributed by atoms with Gasteiger partial charge in [-0.1, -0.05) is 6.07 Å². The summed E-state index contributed by atoms with van der Waals surface area (Å²) in [6.45, 7) is 6.94. The number of fused-ring (bicyclic) bond motifs is 4. The number of hydrogen-bond donors (Lipinski definition) is 3. The van der Waals surface area contributed by atoms with Crippen molar-refractivity contribution in [2.75, 3.05) is 26.7 Å². The monoisotopic (exact) mass is 524 g/mol. The Morgan fingerprint density at radius 2 is 1.92 bits per heavy atom. The Hall–Kier alpha value is -3.83. The molecule has 0 aliphatic carbocycles. The number of hydrogen-bond acceptors (Lipinski definition) is 7. The van der Waals surface area contributed by atoms with Gasteiger partial charge in [0.05, 0.1) is 11.9 Å². The average Bonchev–Trinajstić information content (AvgIpc) is 3.40. The van der Waals surface area contributed by atoms with Gasteiger partial charge in [-0.3, -0.25) is 29.4 Å². The smallest absolute Gasteiger partial charge is 0.290 e. The first-order valence-corrected chi connectivity index (χ1v) is 12.6. The first-order valence-electron chi connectivity index (χ1n) is 12.6. The normalized spacial score (nSPS) is 17.9. The molecule has 2 aliphatic rings. The van der Waals surface area contributed by atoms with Gasteiger partial charge in [-0.15, -0.1) is 0 Å². The Morgan fingerprint density at radius 1 is 1.16 bits per heavy atom. The topological polar surface area (TPSA) is 145 Å². The minimum atomic E-state index is -0.250. The summed E-state index contributed by atoms with van der Waals surface area (Å²) in [6, 6.07) is 8.49. The summed E-state index contributed by atoms with van der Waals surface area (Å²) in [5, 5.41) is 20.6. The zero-order valence-electron chi connectivity index (χ0n) is 21.9. The van der Waals surface area contributed by atoms with Crippen molar-refractivity contribution < 1.29 is 19.8 Å². The van der Waals surface area contributed by atoms with Crippen LogP contribution in [0, 0.1) is 12.8 Å². The van der Waals surface area contributed by atoms with Crippen LogP contribution in [0.4, 0.5) is 0 Å². The predicted molar refractivity (Wildman–Crippen MR) is 142 cm³/mol. The summed E-state index contributed by atoms with van der Waals surface area (Å²) in [6.07, 6.45) is 7.80. The summed E-state index contributed by atoms with van der Waals surface area (Å²) in [7, 11) is 2.08. The number of likely N-dealkylation sites (N-methyl/N-ethyl adjacent to an activating group) is 1. The summed E-state index contributed by atoms with van der Waals surface area (Å²) in [4.78, 5) is 39.3. The van der Waals surface area contributed by atoms with E-state index in [-0.39, 0.29) is 18.5 Å². The number of likely N-dealkylation sites (tertiary alicyclic amines) is 1. The van der Waals surface area contributed by atoms with Crippen LogP contribution in [0.3, 0.4) is 0 Å². The molecule has 3 aromatic rings. The van der Waals surface area contributed by atoms with Crippen LogP contribution in [0.2, 0.25) is 0 Å². The zero-order chi connectivity index (χ0) is 27.5. The molecule has 38 heavy (non-hydrogen) atoms. The molecule has 2 aliphatic heterocycles. The lowest BCUT2D eigenvalue weighted by Crippen LogP contribution is -2.47. The van der Waals surface area contributed by atoms with Crippen molar-refractivity contribution >= 4 is 12.9 Å². The number of pyridine rings is 2. The van der Waals surface area contributed by atoms with Crippen molar-refractivity contribution in [1.82, 2.24) is 29.5 Å². The van der Waals surface area contributed by atoms with E-state index in [0.717, 1.165) is 50.4 Å². The lowest BCUT2D eigenvalue weighted by atomic mass is 9.83. The third kappa shape index (κ3) is 7.83. The maximum Gasteiger partial charge on any atom is 0.290 e. The van der Waals surface area contributed by atoms with Crippen LogP contribution in [-0.2, 0) is 35.6 Å². The van der Waals surface area contributed by atoms with Gasteiger partial charge in [-0.2, -0.15) is 5.10 Å². The first kappa shape index (κ1) is 28.7. The molecule has 11 nitrogen and oxygen atoms in total. The van der Waals surface area contributed by atoms with Crippen LogP contribution in [0.25, 0.3) is 0 Å². The van der Waals surface area contributed by atoms with E-state index >= 15 is 0 Å². The van der Waals surface area contributed by atoms with Gasteiger partial charge in [0.15, 0.2) is 0 Å². The molecule has 2 atom stereocenters. The maximum atomic E-state index is 13.3. The molecule has 3 aromatic heterocycles. The molecule has 0 saturated carbocycles. The molecule has 0 unspecified atom stereocenters. The number of aryl methyl sites for hydroxylation is 1. The molecule has 5 rings (SSSR count). The quantitative estimate of drug-likeness (QED) is 0.395. The largest absolute Gasteiger partial charge is 0.483 e. The Morgan fingerprint density at radius 3 is 2.61 bits per heavy atom. The fraction of sp³-hybridized carbons (Fsp3) is 0.444. The number of carbonyl (C=O) groups is 2. The molecule has 0 spiro atoms. The molecule has 11 heteroatoms. The third-order valence-corrected chi connectivity index (χ3v) is 6.89. The number of carboxylic acid groups (broad SMARTS) is 2. The van der Waals surface area contributed by atoms with Crippen molar-refractivity contribution in [3.05, 3.63) is 81.3 Å². The van der Waals surface area contributed by atoms with Gasteiger partial charge < -0.3 is 19.7 Å². The van der Waals surface area contributed by atoms with E-state index in [4.69, 9.17) is 19.8 Å². The molecule has 0 aromatic carbocycles.